The van der Waals surface area contributed by atoms with Crippen molar-refractivity contribution < 1.29 is 14.1 Å². The lowest BCUT2D eigenvalue weighted by atomic mass is 10.0. The van der Waals surface area contributed by atoms with Crippen LogP contribution in [-0.2, 0) is 4.79 Å². The summed E-state index contributed by atoms with van der Waals surface area (Å²) < 4.78 is 13.5. The van der Waals surface area contributed by atoms with Crippen LogP contribution in [0, 0.1) is 15.9 Å². The Morgan fingerprint density at radius 3 is 2.73 bits per heavy atom. The first kappa shape index (κ1) is 11.8. The van der Waals surface area contributed by atoms with Crippen molar-refractivity contribution in [1.82, 2.24) is 0 Å². The van der Waals surface area contributed by atoms with Gasteiger partial charge in [-0.1, -0.05) is 28.1 Å². The fraction of sp³-hybridized carbons (Fsp3) is 0.222. The summed E-state index contributed by atoms with van der Waals surface area (Å²) in [4.78, 5) is 20.2. The first-order chi connectivity index (χ1) is 7.11. The molecule has 0 N–H and O–H groups in total. The van der Waals surface area contributed by atoms with Crippen LogP contribution in [0.15, 0.2) is 18.2 Å². The highest BCUT2D eigenvalue weighted by molar-refractivity contribution is 9.09. The Morgan fingerprint density at radius 2 is 2.27 bits per heavy atom. The number of nitrogens with zero attached hydrogens (tertiary/aromatic N) is 1. The number of hydrogen-bond acceptors (Lipinski definition) is 3. The molecular formula is C9H7BrFNO3. The summed E-state index contributed by atoms with van der Waals surface area (Å²) in [6.07, 6.45) is 0.552. The maximum atomic E-state index is 13.5. The highest BCUT2D eigenvalue weighted by Gasteiger charge is 2.21. The Bertz CT molecular complexity index is 397. The second-order valence-electron chi connectivity index (χ2n) is 2.83. The van der Waals surface area contributed by atoms with Crippen LogP contribution in [0.2, 0.25) is 0 Å². The van der Waals surface area contributed by atoms with Crippen LogP contribution in [0.4, 0.5) is 10.1 Å². The minimum atomic E-state index is -0.945. The van der Waals surface area contributed by atoms with Gasteiger partial charge in [0.2, 0.25) is 5.82 Å². The molecule has 0 spiro atoms. The van der Waals surface area contributed by atoms with Gasteiger partial charge in [-0.05, 0) is 0 Å². The van der Waals surface area contributed by atoms with Gasteiger partial charge in [0.1, 0.15) is 6.29 Å². The largest absolute Gasteiger partial charge is 0.305 e. The highest BCUT2D eigenvalue weighted by atomic mass is 79.9. The molecule has 6 heteroatoms. The van der Waals surface area contributed by atoms with E-state index in [0.29, 0.717) is 6.29 Å². The van der Waals surface area contributed by atoms with Crippen LogP contribution in [0.25, 0.3) is 0 Å². The molecule has 0 fully saturated rings. The van der Waals surface area contributed by atoms with E-state index >= 15 is 0 Å². The molecule has 1 unspecified atom stereocenters. The zero-order valence-corrected chi connectivity index (χ0v) is 9.11. The summed E-state index contributed by atoms with van der Waals surface area (Å²) >= 11 is 3.04. The molecule has 4 nitrogen and oxygen atoms in total. The van der Waals surface area contributed by atoms with Gasteiger partial charge in [0.25, 0.3) is 0 Å². The molecule has 0 amide bonds. The van der Waals surface area contributed by atoms with Gasteiger partial charge in [0, 0.05) is 17.0 Å². The number of aldehydes is 1. The van der Waals surface area contributed by atoms with E-state index in [2.05, 4.69) is 15.9 Å². The van der Waals surface area contributed by atoms with E-state index in [-0.39, 0.29) is 10.9 Å². The molecule has 0 aliphatic rings. The number of halogens is 2. The van der Waals surface area contributed by atoms with Crippen molar-refractivity contribution in [2.75, 3.05) is 5.33 Å². The maximum Gasteiger partial charge on any atom is 0.305 e. The van der Waals surface area contributed by atoms with Gasteiger partial charge < -0.3 is 4.79 Å². The normalized spacial score (nSPS) is 12.1. The number of nitro benzene ring substituents is 1. The number of carbonyl (C=O) groups excluding carboxylic acids is 1. The number of benzene rings is 1. The Hall–Kier alpha value is -1.30. The van der Waals surface area contributed by atoms with E-state index in [9.17, 15) is 19.3 Å². The third-order valence-corrected chi connectivity index (χ3v) is 2.63. The molecule has 15 heavy (non-hydrogen) atoms. The lowest BCUT2D eigenvalue weighted by Crippen LogP contribution is -2.06. The van der Waals surface area contributed by atoms with E-state index in [1.165, 1.54) is 12.1 Å². The van der Waals surface area contributed by atoms with E-state index in [4.69, 9.17) is 0 Å². The molecule has 0 heterocycles. The quantitative estimate of drug-likeness (QED) is 0.367. The Labute approximate surface area is 93.4 Å². The van der Waals surface area contributed by atoms with Crippen LogP contribution in [0.3, 0.4) is 0 Å². The molecule has 1 atom stereocenters. The SMILES string of the molecule is O=CC(CBr)c1cccc([N+](=O)[O-])c1F. The van der Waals surface area contributed by atoms with Gasteiger partial charge >= 0.3 is 5.69 Å². The van der Waals surface area contributed by atoms with Crippen LogP contribution < -0.4 is 0 Å². The Balaban J connectivity index is 3.25. The van der Waals surface area contributed by atoms with Crippen LogP contribution in [0.5, 0.6) is 0 Å². The zero-order valence-electron chi connectivity index (χ0n) is 7.52. The molecule has 1 aromatic rings. The first-order valence-electron chi connectivity index (χ1n) is 4.05. The molecule has 0 saturated heterocycles. The van der Waals surface area contributed by atoms with E-state index in [0.717, 1.165) is 6.07 Å². The summed E-state index contributed by atoms with van der Waals surface area (Å²) in [6, 6.07) is 3.79. The fourth-order valence-electron chi connectivity index (χ4n) is 1.16. The van der Waals surface area contributed by atoms with E-state index in [1.807, 2.05) is 0 Å². The van der Waals surface area contributed by atoms with Gasteiger partial charge in [0.05, 0.1) is 10.8 Å². The number of alkyl halides is 1. The fourth-order valence-corrected chi connectivity index (χ4v) is 1.66. The smallest absolute Gasteiger partial charge is 0.303 e. The molecule has 0 aromatic heterocycles. The molecular weight excluding hydrogens is 269 g/mol. The zero-order chi connectivity index (χ0) is 11.4. The minimum absolute atomic E-state index is 0.0380. The number of rotatable bonds is 4. The molecule has 0 saturated carbocycles. The predicted octanol–water partition coefficient (Wildman–Crippen LogP) is 2.41. The summed E-state index contributed by atoms with van der Waals surface area (Å²) in [5, 5.41) is 10.7. The van der Waals surface area contributed by atoms with Gasteiger partial charge in [-0.15, -0.1) is 0 Å². The van der Waals surface area contributed by atoms with Crippen molar-refractivity contribution >= 4 is 27.9 Å². The van der Waals surface area contributed by atoms with Crippen molar-refractivity contribution in [1.29, 1.82) is 0 Å². The minimum Gasteiger partial charge on any atom is -0.303 e. The Morgan fingerprint density at radius 1 is 1.60 bits per heavy atom. The summed E-state index contributed by atoms with van der Waals surface area (Å²) in [5.41, 5.74) is -0.573. The molecule has 80 valence electrons. The van der Waals surface area contributed by atoms with Crippen molar-refractivity contribution in [2.45, 2.75) is 5.92 Å². The van der Waals surface area contributed by atoms with Crippen molar-refractivity contribution in [3.05, 3.63) is 39.7 Å². The topological polar surface area (TPSA) is 60.2 Å². The lowest BCUT2D eigenvalue weighted by Gasteiger charge is -2.07. The van der Waals surface area contributed by atoms with Crippen LogP contribution >= 0.6 is 15.9 Å². The van der Waals surface area contributed by atoms with Crippen molar-refractivity contribution in [3.8, 4) is 0 Å². The number of hydrogen-bond donors (Lipinski definition) is 0. The molecule has 0 bridgehead atoms. The third-order valence-electron chi connectivity index (χ3n) is 1.93. The Kier molecular flexibility index (Phi) is 3.90. The summed E-state index contributed by atoms with van der Waals surface area (Å²) in [6.45, 7) is 0. The number of carbonyl (C=O) groups is 1. The molecule has 0 aliphatic carbocycles. The summed E-state index contributed by atoms with van der Waals surface area (Å²) in [5.74, 6) is -1.65. The van der Waals surface area contributed by atoms with Crippen LogP contribution in [0.1, 0.15) is 11.5 Å². The monoisotopic (exact) mass is 275 g/mol. The molecule has 0 aliphatic heterocycles. The highest BCUT2D eigenvalue weighted by Crippen LogP contribution is 2.26. The van der Waals surface area contributed by atoms with Gasteiger partial charge in [-0.3, -0.25) is 10.1 Å². The number of nitro groups is 1. The maximum absolute atomic E-state index is 13.5. The summed E-state index contributed by atoms with van der Waals surface area (Å²) in [7, 11) is 0. The van der Waals surface area contributed by atoms with Crippen LogP contribution in [-0.4, -0.2) is 16.5 Å². The third kappa shape index (κ3) is 2.38. The lowest BCUT2D eigenvalue weighted by molar-refractivity contribution is -0.387. The van der Waals surface area contributed by atoms with E-state index < -0.39 is 22.3 Å². The standard InChI is InChI=1S/C9H7BrFNO3/c10-4-6(5-13)7-2-1-3-8(9(7)11)12(14)15/h1-3,5-6H,4H2. The van der Waals surface area contributed by atoms with E-state index in [1.54, 1.807) is 0 Å². The van der Waals surface area contributed by atoms with Gasteiger partial charge in [0.15, 0.2) is 0 Å². The van der Waals surface area contributed by atoms with Crippen molar-refractivity contribution in [2.24, 2.45) is 0 Å². The second kappa shape index (κ2) is 4.97. The van der Waals surface area contributed by atoms with Gasteiger partial charge in [-0.2, -0.15) is 4.39 Å². The van der Waals surface area contributed by atoms with Gasteiger partial charge in [-0.25, -0.2) is 0 Å². The average Bonchev–Trinajstić information content (AvgIpc) is 2.21. The second-order valence-corrected chi connectivity index (χ2v) is 3.48. The predicted molar refractivity (Wildman–Crippen MR) is 55.7 cm³/mol. The first-order valence-corrected chi connectivity index (χ1v) is 5.18. The van der Waals surface area contributed by atoms with Crippen molar-refractivity contribution in [3.63, 3.8) is 0 Å². The molecule has 1 rings (SSSR count). The average molecular weight is 276 g/mol. The molecule has 0 radical (unpaired) electrons. The molecule has 1 aromatic carbocycles.